The number of benzene rings is 2. The molecule has 0 bridgehead atoms. The number of hydrogen-bond donors (Lipinski definition) is 2. The van der Waals surface area contributed by atoms with Crippen LogP contribution >= 0.6 is 22.9 Å². The number of carbonyl (C=O) groups is 1. The van der Waals surface area contributed by atoms with Gasteiger partial charge in [0.15, 0.2) is 5.13 Å². The Morgan fingerprint density at radius 3 is 2.82 bits per heavy atom. The summed E-state index contributed by atoms with van der Waals surface area (Å²) in [5.41, 5.74) is 1.34. The Balaban J connectivity index is 1.76. The molecule has 7 heteroatoms. The average molecular weight is 334 g/mol. The van der Waals surface area contributed by atoms with Gasteiger partial charge in [-0.05, 0) is 30.3 Å². The lowest BCUT2D eigenvalue weighted by molar-refractivity contribution is 0.262. The lowest BCUT2D eigenvalue weighted by atomic mass is 10.3. The number of carbonyl (C=O) groups excluding carboxylic acids is 1. The van der Waals surface area contributed by atoms with Gasteiger partial charge < -0.3 is 10.1 Å². The summed E-state index contributed by atoms with van der Waals surface area (Å²) < 4.78 is 6.20. The molecule has 0 unspecified atom stereocenters. The first-order valence-electron chi connectivity index (χ1n) is 6.43. The Kier molecular flexibility index (Phi) is 4.13. The first kappa shape index (κ1) is 14.6. The zero-order valence-electron chi connectivity index (χ0n) is 11.6. The molecule has 0 aliphatic carbocycles. The summed E-state index contributed by atoms with van der Waals surface area (Å²) in [6.07, 6.45) is 0. The van der Waals surface area contributed by atoms with Gasteiger partial charge in [0.05, 0.1) is 23.0 Å². The fourth-order valence-electron chi connectivity index (χ4n) is 1.95. The SMILES string of the molecule is COc1ccc(Cl)cc1NC(=O)Nc1nc2ccccc2s1. The number of ether oxygens (including phenoxy) is 1. The van der Waals surface area contributed by atoms with Crippen LogP contribution in [0.5, 0.6) is 5.75 Å². The summed E-state index contributed by atoms with van der Waals surface area (Å²) in [6.45, 7) is 0. The highest BCUT2D eigenvalue weighted by Gasteiger charge is 2.10. The molecule has 0 saturated heterocycles. The Morgan fingerprint density at radius 2 is 2.05 bits per heavy atom. The zero-order valence-corrected chi connectivity index (χ0v) is 13.2. The van der Waals surface area contributed by atoms with Gasteiger partial charge in [-0.15, -0.1) is 0 Å². The van der Waals surface area contributed by atoms with Crippen molar-refractivity contribution in [1.82, 2.24) is 4.98 Å². The van der Waals surface area contributed by atoms with Crippen molar-refractivity contribution in [1.29, 1.82) is 0 Å². The van der Waals surface area contributed by atoms with Gasteiger partial charge >= 0.3 is 6.03 Å². The van der Waals surface area contributed by atoms with E-state index >= 15 is 0 Å². The van der Waals surface area contributed by atoms with Crippen LogP contribution in [0.3, 0.4) is 0 Å². The van der Waals surface area contributed by atoms with E-state index in [9.17, 15) is 4.79 Å². The Labute approximate surface area is 135 Å². The van der Waals surface area contributed by atoms with Crippen LogP contribution in [-0.2, 0) is 0 Å². The number of anilines is 2. The van der Waals surface area contributed by atoms with Crippen LogP contribution in [0.15, 0.2) is 42.5 Å². The second kappa shape index (κ2) is 6.21. The molecule has 1 aromatic heterocycles. The predicted octanol–water partition coefficient (Wildman–Crippen LogP) is 4.60. The van der Waals surface area contributed by atoms with E-state index in [1.165, 1.54) is 18.4 Å². The number of methoxy groups -OCH3 is 1. The standard InChI is InChI=1S/C15H12ClN3O2S/c1-21-12-7-6-9(16)8-11(12)17-14(20)19-15-18-10-4-2-3-5-13(10)22-15/h2-8H,1H3,(H2,17,18,19,20). The van der Waals surface area contributed by atoms with E-state index in [-0.39, 0.29) is 0 Å². The Morgan fingerprint density at radius 1 is 1.23 bits per heavy atom. The fraction of sp³-hybridized carbons (Fsp3) is 0.0667. The summed E-state index contributed by atoms with van der Waals surface area (Å²) >= 11 is 7.34. The first-order chi connectivity index (χ1) is 10.7. The Hall–Kier alpha value is -2.31. The maximum absolute atomic E-state index is 12.1. The smallest absolute Gasteiger partial charge is 0.325 e. The molecule has 0 radical (unpaired) electrons. The number of rotatable bonds is 3. The van der Waals surface area contributed by atoms with Crippen molar-refractivity contribution in [2.24, 2.45) is 0 Å². The van der Waals surface area contributed by atoms with Crippen LogP contribution in [0, 0.1) is 0 Å². The number of amides is 2. The second-order valence-electron chi connectivity index (χ2n) is 4.41. The van der Waals surface area contributed by atoms with Crippen molar-refractivity contribution in [3.8, 4) is 5.75 Å². The third kappa shape index (κ3) is 3.13. The average Bonchev–Trinajstić information content (AvgIpc) is 2.89. The van der Waals surface area contributed by atoms with Crippen LogP contribution in [0.25, 0.3) is 10.2 Å². The summed E-state index contributed by atoms with van der Waals surface area (Å²) in [6, 6.07) is 12.3. The molecule has 2 aromatic carbocycles. The number of thiazole rings is 1. The zero-order chi connectivity index (χ0) is 15.5. The van der Waals surface area contributed by atoms with E-state index < -0.39 is 6.03 Å². The Bertz CT molecular complexity index is 802. The van der Waals surface area contributed by atoms with Crippen molar-refractivity contribution in [2.45, 2.75) is 0 Å². The highest BCUT2D eigenvalue weighted by Crippen LogP contribution is 2.29. The summed E-state index contributed by atoms with van der Waals surface area (Å²) in [5.74, 6) is 0.531. The van der Waals surface area contributed by atoms with Crippen LogP contribution in [0.1, 0.15) is 0 Å². The van der Waals surface area contributed by atoms with Crippen molar-refractivity contribution < 1.29 is 9.53 Å². The van der Waals surface area contributed by atoms with Gasteiger partial charge in [-0.3, -0.25) is 5.32 Å². The number of aromatic nitrogens is 1. The summed E-state index contributed by atoms with van der Waals surface area (Å²) in [4.78, 5) is 16.4. The van der Waals surface area contributed by atoms with Crippen LogP contribution in [0.2, 0.25) is 5.02 Å². The molecule has 0 saturated carbocycles. The molecule has 3 rings (SSSR count). The van der Waals surface area contributed by atoms with Crippen LogP contribution in [-0.4, -0.2) is 18.1 Å². The molecule has 0 spiro atoms. The number of urea groups is 1. The van der Waals surface area contributed by atoms with E-state index in [1.54, 1.807) is 18.2 Å². The monoisotopic (exact) mass is 333 g/mol. The molecule has 2 amide bonds. The highest BCUT2D eigenvalue weighted by molar-refractivity contribution is 7.22. The molecule has 3 aromatic rings. The molecular weight excluding hydrogens is 322 g/mol. The molecule has 0 fully saturated rings. The van der Waals surface area contributed by atoms with E-state index in [0.29, 0.717) is 21.6 Å². The van der Waals surface area contributed by atoms with Gasteiger partial charge in [-0.2, -0.15) is 0 Å². The molecule has 5 nitrogen and oxygen atoms in total. The summed E-state index contributed by atoms with van der Waals surface area (Å²) in [5, 5.41) is 6.45. The number of halogens is 1. The van der Waals surface area contributed by atoms with E-state index in [2.05, 4.69) is 15.6 Å². The van der Waals surface area contributed by atoms with Gasteiger partial charge in [0.2, 0.25) is 0 Å². The minimum atomic E-state index is -0.403. The van der Waals surface area contributed by atoms with Crippen molar-refractivity contribution >= 4 is 50.0 Å². The maximum Gasteiger partial charge on any atom is 0.325 e. The van der Waals surface area contributed by atoms with Gasteiger partial charge in [-0.1, -0.05) is 35.1 Å². The minimum Gasteiger partial charge on any atom is -0.495 e. The predicted molar refractivity (Wildman–Crippen MR) is 90.3 cm³/mol. The van der Waals surface area contributed by atoms with E-state index in [1.807, 2.05) is 24.3 Å². The lowest BCUT2D eigenvalue weighted by Crippen LogP contribution is -2.19. The number of para-hydroxylation sites is 1. The topological polar surface area (TPSA) is 63.2 Å². The number of nitrogens with zero attached hydrogens (tertiary/aromatic N) is 1. The molecule has 0 atom stereocenters. The molecule has 1 heterocycles. The van der Waals surface area contributed by atoms with Crippen LogP contribution < -0.4 is 15.4 Å². The number of nitrogens with one attached hydrogen (secondary N) is 2. The minimum absolute atomic E-state index is 0.403. The third-order valence-corrected chi connectivity index (χ3v) is 4.11. The summed E-state index contributed by atoms with van der Waals surface area (Å²) in [7, 11) is 1.53. The number of fused-ring (bicyclic) bond motifs is 1. The molecule has 112 valence electrons. The lowest BCUT2D eigenvalue weighted by Gasteiger charge is -2.10. The van der Waals surface area contributed by atoms with E-state index in [0.717, 1.165) is 10.2 Å². The first-order valence-corrected chi connectivity index (χ1v) is 7.62. The molecule has 2 N–H and O–H groups in total. The van der Waals surface area contributed by atoms with Crippen molar-refractivity contribution in [3.63, 3.8) is 0 Å². The second-order valence-corrected chi connectivity index (χ2v) is 5.88. The quantitative estimate of drug-likeness (QED) is 0.736. The maximum atomic E-state index is 12.1. The largest absolute Gasteiger partial charge is 0.495 e. The van der Waals surface area contributed by atoms with E-state index in [4.69, 9.17) is 16.3 Å². The van der Waals surface area contributed by atoms with Crippen molar-refractivity contribution in [2.75, 3.05) is 17.7 Å². The fourth-order valence-corrected chi connectivity index (χ4v) is 2.99. The van der Waals surface area contributed by atoms with Crippen LogP contribution in [0.4, 0.5) is 15.6 Å². The normalized spacial score (nSPS) is 10.5. The third-order valence-electron chi connectivity index (χ3n) is 2.92. The van der Waals surface area contributed by atoms with Crippen molar-refractivity contribution in [3.05, 3.63) is 47.5 Å². The van der Waals surface area contributed by atoms with Gasteiger partial charge in [-0.25, -0.2) is 9.78 Å². The number of hydrogen-bond acceptors (Lipinski definition) is 4. The molecule has 0 aliphatic heterocycles. The molecule has 0 aliphatic rings. The molecular formula is C15H12ClN3O2S. The van der Waals surface area contributed by atoms with Gasteiger partial charge in [0.25, 0.3) is 0 Å². The molecule has 22 heavy (non-hydrogen) atoms. The highest BCUT2D eigenvalue weighted by atomic mass is 35.5. The van der Waals surface area contributed by atoms with Gasteiger partial charge in [0, 0.05) is 5.02 Å². The van der Waals surface area contributed by atoms with Gasteiger partial charge in [0.1, 0.15) is 5.75 Å².